The molecule has 0 aromatic rings. The normalized spacial score (nSPS) is 2.00. The molecule has 0 fully saturated rings. The van der Waals surface area contributed by atoms with E-state index in [-0.39, 0.29) is 0 Å². The molecule has 0 atom stereocenters. The summed E-state index contributed by atoms with van der Waals surface area (Å²) < 4.78 is 0. The molecule has 0 heterocycles. The van der Waals surface area contributed by atoms with Crippen LogP contribution < -0.4 is 0 Å². The van der Waals surface area contributed by atoms with Crippen molar-refractivity contribution in [2.24, 2.45) is 0 Å². The van der Waals surface area contributed by atoms with Gasteiger partial charge < -0.3 is 0 Å². The average molecular weight is 482 g/mol. The summed E-state index contributed by atoms with van der Waals surface area (Å²) in [5.41, 5.74) is 0. The molecule has 22 valence electrons. The van der Waals surface area contributed by atoms with Crippen molar-refractivity contribution in [1.82, 2.24) is 0 Å². The molecule has 0 bridgehead atoms. The Bertz CT molecular complexity index is 6.00. The summed E-state index contributed by atoms with van der Waals surface area (Å²) in [5, 5.41) is 0. The maximum absolute atomic E-state index is 4.19. The van der Waals surface area contributed by atoms with E-state index in [1.165, 1.54) is 0 Å². The molecule has 0 aliphatic rings. The van der Waals surface area contributed by atoms with E-state index in [1.54, 1.807) is 0 Å². The first kappa shape index (κ1) is 9.51. The minimum absolute atomic E-state index is 1.03. The van der Waals surface area contributed by atoms with E-state index in [2.05, 4.69) is 17.7 Å². The van der Waals surface area contributed by atoms with Gasteiger partial charge in [0.1, 0.15) is 0 Å². The standard InChI is InChI=1S/2Bi.2S. The molecule has 0 aromatic heterocycles. The van der Waals surface area contributed by atoms with Gasteiger partial charge in [0.2, 0.25) is 0 Å². The van der Waals surface area contributed by atoms with Crippen LogP contribution in [0.25, 0.3) is 0 Å². The maximum atomic E-state index is 4.19. The molecule has 0 nitrogen and oxygen atoms in total. The quantitative estimate of drug-likeness (QED) is 0.463. The van der Waals surface area contributed by atoms with Gasteiger partial charge in [-0.25, -0.2) is 0 Å². The fourth-order valence-corrected chi connectivity index (χ4v) is 0. The van der Waals surface area contributed by atoms with E-state index < -0.39 is 0 Å². The van der Waals surface area contributed by atoms with Crippen LogP contribution in [0.2, 0.25) is 0 Å². The summed E-state index contributed by atoms with van der Waals surface area (Å²) in [6.45, 7) is 0. The molecule has 0 aliphatic carbocycles. The van der Waals surface area contributed by atoms with E-state index in [1.807, 2.05) is 0 Å². The minimum atomic E-state index is 1.03. The van der Waals surface area contributed by atoms with Gasteiger partial charge >= 0.3 is 63.1 Å². The molecule has 0 unspecified atom stereocenters. The molecule has 4 heteroatoms. The second-order valence-corrected chi connectivity index (χ2v) is 0. The molecule has 4 heavy (non-hydrogen) atoms. The van der Waals surface area contributed by atoms with Gasteiger partial charge in [0.05, 0.1) is 0 Å². The van der Waals surface area contributed by atoms with Gasteiger partial charge in [0.15, 0.2) is 0 Å². The first-order valence-corrected chi connectivity index (χ1v) is 9.61. The van der Waals surface area contributed by atoms with Crippen LogP contribution >= 0.6 is 17.7 Å². The van der Waals surface area contributed by atoms with E-state index in [0.29, 0.717) is 0 Å². The Morgan fingerprint density at radius 2 is 0.750 bits per heavy atom. The summed E-state index contributed by atoms with van der Waals surface area (Å²) >= 11 is 2.06. The Morgan fingerprint density at radius 3 is 0.750 bits per heavy atom. The summed E-state index contributed by atoms with van der Waals surface area (Å²) in [5.74, 6) is 0. The zero-order valence-corrected chi connectivity index (χ0v) is 10.3. The van der Waals surface area contributed by atoms with Crippen molar-refractivity contribution in [3.63, 3.8) is 0 Å². The summed E-state index contributed by atoms with van der Waals surface area (Å²) in [6, 6.07) is 0. The second kappa shape index (κ2) is 18.9. The van der Waals surface area contributed by atoms with Crippen LogP contribution in [0, 0.1) is 0 Å². The second-order valence-electron chi connectivity index (χ2n) is 0. The predicted molar refractivity (Wildman–Crippen MR) is 26.7 cm³/mol. The van der Waals surface area contributed by atoms with Crippen molar-refractivity contribution in [1.29, 1.82) is 0 Å². The van der Waals surface area contributed by atoms with Crippen molar-refractivity contribution < 1.29 is 0 Å². The molecule has 2 radical (unpaired) electrons. The van der Waals surface area contributed by atoms with E-state index >= 15 is 0 Å². The van der Waals surface area contributed by atoms with E-state index in [4.69, 9.17) is 0 Å². The van der Waals surface area contributed by atoms with E-state index in [9.17, 15) is 0 Å². The Kier molecular flexibility index (Phi) is 45.0. The zero-order valence-electron chi connectivity index (χ0n) is 1.71. The van der Waals surface area contributed by atoms with Gasteiger partial charge in [0.25, 0.3) is 0 Å². The van der Waals surface area contributed by atoms with Crippen LogP contribution in [-0.2, 0) is 0 Å². The van der Waals surface area contributed by atoms with Crippen LogP contribution in [0.3, 0.4) is 0 Å². The van der Waals surface area contributed by atoms with Crippen LogP contribution in [0.15, 0.2) is 0 Å². The van der Waals surface area contributed by atoms with Crippen molar-refractivity contribution >= 4 is 63.1 Å². The Labute approximate surface area is 61.9 Å². The summed E-state index contributed by atoms with van der Waals surface area (Å²) in [7, 11) is 8.39. The third-order valence-electron chi connectivity index (χ3n) is 0. The molecule has 0 saturated carbocycles. The Morgan fingerprint density at radius 1 is 0.750 bits per heavy atom. The first-order chi connectivity index (χ1) is 2.00. The third kappa shape index (κ3) is 8.88. The topological polar surface area (TPSA) is 0 Å². The monoisotopic (exact) mass is 482 g/mol. The molecule has 0 saturated heterocycles. The van der Waals surface area contributed by atoms with Gasteiger partial charge in [-0.1, -0.05) is 0 Å². The SMILES string of the molecule is [S]=[Bi].[S]=[Bi]. The van der Waals surface area contributed by atoms with Crippen LogP contribution in [0.4, 0.5) is 0 Å². The summed E-state index contributed by atoms with van der Waals surface area (Å²) in [6.07, 6.45) is 0. The molecule has 0 amide bonds. The van der Waals surface area contributed by atoms with Crippen molar-refractivity contribution in [3.8, 4) is 0 Å². The van der Waals surface area contributed by atoms with Crippen molar-refractivity contribution in [3.05, 3.63) is 0 Å². The fourth-order valence-electron chi connectivity index (χ4n) is 0. The molecule has 0 N–H and O–H groups in total. The van der Waals surface area contributed by atoms with Crippen LogP contribution in [0.1, 0.15) is 0 Å². The van der Waals surface area contributed by atoms with Gasteiger partial charge in [-0.05, 0) is 0 Å². The Hall–Kier alpha value is 2.21. The van der Waals surface area contributed by atoms with Gasteiger partial charge in [-0.3, -0.25) is 0 Å². The number of hydrogen-bond donors (Lipinski definition) is 0. The molecule has 0 aromatic carbocycles. The molecule has 0 spiro atoms. The van der Waals surface area contributed by atoms with Crippen LogP contribution in [0.5, 0.6) is 0 Å². The Balaban J connectivity index is 0. The van der Waals surface area contributed by atoms with Crippen molar-refractivity contribution in [2.45, 2.75) is 0 Å². The third-order valence-corrected chi connectivity index (χ3v) is 0. The predicted octanol–water partition coefficient (Wildman–Crippen LogP) is 0.535. The molecular weight excluding hydrogens is 482 g/mol. The average Bonchev–Trinajstić information content (AvgIpc) is 1.50. The number of rotatable bonds is 0. The zero-order chi connectivity index (χ0) is 4.00. The first-order valence-electron chi connectivity index (χ1n) is 0.365. The molecular formula is Bi2S2. The van der Waals surface area contributed by atoms with Gasteiger partial charge in [-0.2, -0.15) is 0 Å². The number of hydrogen-bond acceptors (Lipinski definition) is 2. The van der Waals surface area contributed by atoms with Crippen LogP contribution in [-0.4, -0.2) is 45.4 Å². The fraction of sp³-hybridized carbons (Fsp3) is 0. The van der Waals surface area contributed by atoms with Gasteiger partial charge in [0, 0.05) is 0 Å². The van der Waals surface area contributed by atoms with E-state index in [0.717, 1.165) is 45.4 Å². The summed E-state index contributed by atoms with van der Waals surface area (Å²) in [4.78, 5) is 0. The molecule has 0 aliphatic heterocycles. The molecule has 0 rings (SSSR count). The van der Waals surface area contributed by atoms with Gasteiger partial charge in [-0.15, -0.1) is 0 Å². The van der Waals surface area contributed by atoms with Crippen molar-refractivity contribution in [2.75, 3.05) is 0 Å².